The van der Waals surface area contributed by atoms with Gasteiger partial charge in [0.15, 0.2) is 0 Å². The Morgan fingerprint density at radius 2 is 1.19 bits per heavy atom. The molecule has 0 N–H and O–H groups in total. The molecule has 0 nitrogen and oxygen atoms in total. The summed E-state index contributed by atoms with van der Waals surface area (Å²) in [5.74, 6) is 0.913. The molecule has 1 radical (unpaired) electrons. The van der Waals surface area contributed by atoms with Crippen molar-refractivity contribution in [3.8, 4) is 11.1 Å². The van der Waals surface area contributed by atoms with Crippen LogP contribution in [0.1, 0.15) is 81.3 Å². The first-order valence-corrected chi connectivity index (χ1v) is 23.3. The fourth-order valence-corrected chi connectivity index (χ4v) is 19.6. The molecule has 0 fully saturated rings. The molecule has 0 heterocycles. The molecule has 2 aromatic rings. The van der Waals surface area contributed by atoms with Gasteiger partial charge in [0.25, 0.3) is 0 Å². The van der Waals surface area contributed by atoms with Gasteiger partial charge in [0.1, 0.15) is 0 Å². The maximum atomic E-state index is 6.91. The van der Waals surface area contributed by atoms with Crippen molar-refractivity contribution in [1.29, 1.82) is 0 Å². The van der Waals surface area contributed by atoms with Gasteiger partial charge in [-0.25, -0.2) is 0 Å². The zero-order valence-corrected chi connectivity index (χ0v) is 30.2. The third kappa shape index (κ3) is 4.71. The second-order valence-electron chi connectivity index (χ2n) is 10.8. The van der Waals surface area contributed by atoms with Gasteiger partial charge in [-0.2, -0.15) is 0 Å². The molecule has 0 amide bonds. The smallest absolute Gasteiger partial charge is 1.00 e. The van der Waals surface area contributed by atoms with Crippen LogP contribution in [-0.4, -0.2) is 5.29 Å². The Bertz CT molecular complexity index is 1390. The van der Waals surface area contributed by atoms with Crippen LogP contribution in [0, 0.1) is 11.8 Å². The average Bonchev–Trinajstić information content (AvgIpc) is 3.32. The first kappa shape index (κ1) is 30.9. The van der Waals surface area contributed by atoms with Crippen molar-refractivity contribution in [2.24, 2.45) is 11.8 Å². The van der Waals surface area contributed by atoms with Crippen molar-refractivity contribution in [2.45, 2.75) is 65.6 Å². The molecule has 5 heteroatoms. The molecule has 0 saturated heterocycles. The van der Waals surface area contributed by atoms with Gasteiger partial charge in [0.05, 0.1) is 0 Å². The van der Waals surface area contributed by atoms with Crippen molar-refractivity contribution in [3.05, 3.63) is 92.1 Å². The molecular formula is C32H36Cl3HfSi. The molecule has 2 aromatic carbocycles. The predicted octanol–water partition coefficient (Wildman–Crippen LogP) is 3.72. The Kier molecular flexibility index (Phi) is 9.57. The van der Waals surface area contributed by atoms with Gasteiger partial charge in [-0.3, -0.25) is 0 Å². The summed E-state index contributed by atoms with van der Waals surface area (Å²) in [6.45, 7) is 21.2. The van der Waals surface area contributed by atoms with Gasteiger partial charge in [0.2, 0.25) is 0 Å². The number of rotatable bonds is 4. The summed E-state index contributed by atoms with van der Waals surface area (Å²) in [7, 11) is 0. The van der Waals surface area contributed by atoms with Crippen LogP contribution in [0.5, 0.6) is 0 Å². The van der Waals surface area contributed by atoms with Crippen LogP contribution in [0.15, 0.2) is 69.8 Å². The molecule has 0 saturated carbocycles. The second-order valence-corrected chi connectivity index (χ2v) is 30.5. The Morgan fingerprint density at radius 3 is 1.70 bits per heavy atom. The fraction of sp³-hybridized carbons (Fsp3) is 0.375. The average molecular weight is 734 g/mol. The van der Waals surface area contributed by atoms with Crippen LogP contribution in [0.3, 0.4) is 0 Å². The van der Waals surface area contributed by atoms with Crippen LogP contribution in [0.2, 0.25) is 6.55 Å². The Hall–Kier alpha value is -0.643. The van der Waals surface area contributed by atoms with E-state index in [9.17, 15) is 0 Å². The van der Waals surface area contributed by atoms with E-state index in [1.165, 1.54) is 50.1 Å². The number of hydrogen-bond acceptors (Lipinski definition) is 0. The summed E-state index contributed by atoms with van der Waals surface area (Å²) in [5, 5.41) is -0.738. The minimum absolute atomic E-state index is 0. The number of allylic oxidation sites excluding steroid dienone is 8. The summed E-state index contributed by atoms with van der Waals surface area (Å²) in [5.41, 5.74) is 21.2. The largest absolute Gasteiger partial charge is 1.00 e. The van der Waals surface area contributed by atoms with Gasteiger partial charge in [-0.05, 0) is 0 Å². The van der Waals surface area contributed by atoms with Gasteiger partial charge < -0.3 is 24.8 Å². The monoisotopic (exact) mass is 733 g/mol. The van der Waals surface area contributed by atoms with Crippen molar-refractivity contribution in [3.63, 3.8) is 0 Å². The molecule has 0 aromatic heterocycles. The van der Waals surface area contributed by atoms with Crippen LogP contribution in [0.25, 0.3) is 22.3 Å². The molecule has 0 bridgehead atoms. The van der Waals surface area contributed by atoms with Crippen molar-refractivity contribution in [1.82, 2.24) is 0 Å². The van der Waals surface area contributed by atoms with E-state index < -0.39 is 27.4 Å². The quantitative estimate of drug-likeness (QED) is 0.333. The van der Waals surface area contributed by atoms with E-state index in [0.717, 1.165) is 0 Å². The maximum absolute atomic E-state index is 6.91. The van der Waals surface area contributed by atoms with Crippen LogP contribution < -0.4 is 24.8 Å². The van der Waals surface area contributed by atoms with E-state index in [2.05, 4.69) is 98.3 Å². The number of hydrogen-bond donors (Lipinski definition) is 0. The molecular weight excluding hydrogens is 697 g/mol. The number of fused-ring (bicyclic) bond motifs is 3. The summed E-state index contributed by atoms with van der Waals surface area (Å²) < 4.78 is 0.564. The van der Waals surface area contributed by atoms with Crippen molar-refractivity contribution in [2.75, 3.05) is 0 Å². The van der Waals surface area contributed by atoms with E-state index in [-0.39, 0.29) is 24.8 Å². The van der Waals surface area contributed by atoms with E-state index >= 15 is 0 Å². The second kappa shape index (κ2) is 11.5. The summed E-state index contributed by atoms with van der Waals surface area (Å²) >= 11 is 5.81. The fourth-order valence-electron chi connectivity index (χ4n) is 6.73. The summed E-state index contributed by atoms with van der Waals surface area (Å²) in [6.07, 6.45) is 0. The van der Waals surface area contributed by atoms with Gasteiger partial charge >= 0.3 is 230 Å². The molecule has 3 unspecified atom stereocenters. The molecule has 3 atom stereocenters. The standard InChI is InChI=1S/C31H33.CH3ClSi.2ClH.Hf/c1-16-17(2)21(6)29(20(16)5)27-14-13-26-25-12-10-9-11-24(25)15-28(26)31(27)30-22(7)18(3)19(4)23(30)8;1-3-2;;;/h9-15,20,22H,1-8H3;1H3;2*1H;/q;;;;+2/p-2. The van der Waals surface area contributed by atoms with Gasteiger partial charge in [-0.15, -0.1) is 0 Å². The van der Waals surface area contributed by atoms with E-state index in [4.69, 9.17) is 11.1 Å². The Morgan fingerprint density at radius 1 is 0.676 bits per heavy atom. The third-order valence-electron chi connectivity index (χ3n) is 9.28. The SMILES string of the molecule is CC1=C(C)C(C)C(c2ccc3c(c2C2=C(C)C(C)=C(C)C2C)[CH]([Hf+2][Si](C)Cl)c2ccccc2-3)=C1C.[Cl-].[Cl-]. The van der Waals surface area contributed by atoms with E-state index in [0.29, 0.717) is 15.5 Å². The molecule has 3 aliphatic rings. The van der Waals surface area contributed by atoms with Crippen LogP contribution >= 0.6 is 11.1 Å². The molecule has 37 heavy (non-hydrogen) atoms. The predicted molar refractivity (Wildman–Crippen MR) is 151 cm³/mol. The Labute approximate surface area is 253 Å². The minimum atomic E-state index is -1.10. The Balaban J connectivity index is 0.00000190. The molecule has 0 spiro atoms. The molecule has 193 valence electrons. The van der Waals surface area contributed by atoms with Crippen LogP contribution in [0.4, 0.5) is 0 Å². The van der Waals surface area contributed by atoms with E-state index in [1.807, 2.05) is 0 Å². The van der Waals surface area contributed by atoms with Crippen molar-refractivity contribution < 1.29 is 46.9 Å². The first-order valence-electron chi connectivity index (χ1n) is 12.9. The first-order chi connectivity index (χ1) is 16.6. The minimum Gasteiger partial charge on any atom is -1.00 e. The molecule has 0 aliphatic heterocycles. The zero-order valence-electron chi connectivity index (χ0n) is 23.3. The molecule has 3 aliphatic carbocycles. The van der Waals surface area contributed by atoms with Gasteiger partial charge in [0, 0.05) is 0 Å². The van der Waals surface area contributed by atoms with Crippen molar-refractivity contribution >= 4 is 27.5 Å². The zero-order chi connectivity index (χ0) is 25.3. The normalized spacial score (nSPS) is 22.4. The van der Waals surface area contributed by atoms with E-state index in [1.54, 1.807) is 27.8 Å². The summed E-state index contributed by atoms with van der Waals surface area (Å²) in [6, 6.07) is 14.1. The third-order valence-corrected chi connectivity index (χ3v) is 22.2. The maximum Gasteiger partial charge on any atom is -1.00 e. The summed E-state index contributed by atoms with van der Waals surface area (Å²) in [4.78, 5) is 0. The van der Waals surface area contributed by atoms with Gasteiger partial charge in [-0.1, -0.05) is 0 Å². The topological polar surface area (TPSA) is 0 Å². The van der Waals surface area contributed by atoms with Crippen LogP contribution in [-0.2, 0) is 22.1 Å². The number of halogens is 3. The number of benzene rings is 2. The molecule has 5 rings (SSSR count).